The second-order valence-electron chi connectivity index (χ2n) is 4.24. The van der Waals surface area contributed by atoms with Gasteiger partial charge in [-0.15, -0.1) is 11.3 Å². The van der Waals surface area contributed by atoms with Crippen molar-refractivity contribution in [2.75, 3.05) is 11.3 Å². The van der Waals surface area contributed by atoms with Gasteiger partial charge in [0.1, 0.15) is 10.0 Å². The van der Waals surface area contributed by atoms with Crippen LogP contribution in [0.2, 0.25) is 0 Å². The fourth-order valence-electron chi connectivity index (χ4n) is 1.61. The molecule has 0 saturated carbocycles. The van der Waals surface area contributed by atoms with Crippen molar-refractivity contribution in [1.82, 2.24) is 5.32 Å². The van der Waals surface area contributed by atoms with Crippen molar-refractivity contribution in [3.63, 3.8) is 0 Å². The second-order valence-corrected chi connectivity index (χ2v) is 8.17. The third kappa shape index (κ3) is 4.26. The lowest BCUT2D eigenvalue weighted by atomic mass is 10.3. The number of sulfonamides is 1. The zero-order valence-corrected chi connectivity index (χ0v) is 14.4. The van der Waals surface area contributed by atoms with Gasteiger partial charge in [0.05, 0.1) is 10.2 Å². The summed E-state index contributed by atoms with van der Waals surface area (Å²) >= 11 is 4.23. The van der Waals surface area contributed by atoms with Gasteiger partial charge in [-0.05, 0) is 52.8 Å². The summed E-state index contributed by atoms with van der Waals surface area (Å²) in [6.07, 6.45) is 0. The molecule has 0 radical (unpaired) electrons. The van der Waals surface area contributed by atoms with E-state index in [1.807, 2.05) is 6.92 Å². The Balaban J connectivity index is 2.17. The van der Waals surface area contributed by atoms with Crippen molar-refractivity contribution in [3.8, 4) is 0 Å². The van der Waals surface area contributed by atoms with Gasteiger partial charge in [0.2, 0.25) is 0 Å². The molecule has 0 unspecified atom stereocenters. The van der Waals surface area contributed by atoms with Crippen LogP contribution in [0, 0.1) is 5.82 Å². The summed E-state index contributed by atoms with van der Waals surface area (Å²) in [4.78, 5) is 0.942. The highest BCUT2D eigenvalue weighted by Crippen LogP contribution is 2.26. The Labute approximate surface area is 135 Å². The first-order valence-electron chi connectivity index (χ1n) is 6.19. The van der Waals surface area contributed by atoms with Gasteiger partial charge in [-0.3, -0.25) is 4.72 Å². The van der Waals surface area contributed by atoms with Gasteiger partial charge in [-0.2, -0.15) is 0 Å². The molecule has 0 spiro atoms. The maximum absolute atomic E-state index is 13.1. The van der Waals surface area contributed by atoms with Crippen LogP contribution in [0.5, 0.6) is 0 Å². The molecule has 0 bridgehead atoms. The summed E-state index contributed by atoms with van der Waals surface area (Å²) in [5, 5.41) is 3.14. The monoisotopic (exact) mass is 392 g/mol. The molecule has 0 aliphatic rings. The van der Waals surface area contributed by atoms with Gasteiger partial charge in [-0.1, -0.05) is 6.92 Å². The van der Waals surface area contributed by atoms with Gasteiger partial charge >= 0.3 is 0 Å². The number of nitrogens with one attached hydrogen (secondary N) is 2. The zero-order valence-electron chi connectivity index (χ0n) is 11.2. The normalized spacial score (nSPS) is 11.6. The van der Waals surface area contributed by atoms with E-state index in [9.17, 15) is 12.8 Å². The minimum Gasteiger partial charge on any atom is -0.312 e. The quantitative estimate of drug-likeness (QED) is 0.789. The van der Waals surface area contributed by atoms with E-state index in [0.717, 1.165) is 11.4 Å². The minimum absolute atomic E-state index is 0.210. The Bertz CT molecular complexity index is 732. The number of hydrogen-bond acceptors (Lipinski definition) is 4. The van der Waals surface area contributed by atoms with Crippen LogP contribution in [0.4, 0.5) is 10.1 Å². The van der Waals surface area contributed by atoms with Crippen LogP contribution in [-0.4, -0.2) is 15.0 Å². The van der Waals surface area contributed by atoms with E-state index in [2.05, 4.69) is 26.0 Å². The highest BCUT2D eigenvalue weighted by Gasteiger charge is 2.17. The standard InChI is InChI=1S/C13H14BrFN2O2S2/c1-2-16-8-10-4-6-13(20-10)21(18,19)17-9-3-5-12(15)11(14)7-9/h3-7,16-17H,2,8H2,1H3. The number of halogens is 2. The molecule has 1 heterocycles. The summed E-state index contributed by atoms with van der Waals surface area (Å²) < 4.78 is 40.5. The van der Waals surface area contributed by atoms with Crippen molar-refractivity contribution in [1.29, 1.82) is 0 Å². The minimum atomic E-state index is -3.65. The predicted octanol–water partition coefficient (Wildman–Crippen LogP) is 3.56. The van der Waals surface area contributed by atoms with Crippen molar-refractivity contribution in [2.45, 2.75) is 17.7 Å². The molecule has 0 fully saturated rings. The van der Waals surface area contributed by atoms with Crippen LogP contribution >= 0.6 is 27.3 Å². The molecule has 1 aromatic heterocycles. The Morgan fingerprint density at radius 1 is 1.29 bits per heavy atom. The average Bonchev–Trinajstić information content (AvgIpc) is 2.90. The van der Waals surface area contributed by atoms with Gasteiger partial charge < -0.3 is 5.32 Å². The predicted molar refractivity (Wildman–Crippen MR) is 86.6 cm³/mol. The maximum atomic E-state index is 13.1. The molecule has 114 valence electrons. The lowest BCUT2D eigenvalue weighted by Gasteiger charge is -2.07. The molecular weight excluding hydrogens is 379 g/mol. The van der Waals surface area contributed by atoms with Crippen LogP contribution < -0.4 is 10.0 Å². The van der Waals surface area contributed by atoms with E-state index in [4.69, 9.17) is 0 Å². The van der Waals surface area contributed by atoms with Crippen LogP contribution in [0.15, 0.2) is 39.0 Å². The smallest absolute Gasteiger partial charge is 0.271 e. The number of hydrogen-bond donors (Lipinski definition) is 2. The Kier molecular flexibility index (Phi) is 5.37. The SMILES string of the molecule is CCNCc1ccc(S(=O)(=O)Nc2ccc(F)c(Br)c2)s1. The molecule has 21 heavy (non-hydrogen) atoms. The van der Waals surface area contributed by atoms with E-state index in [1.165, 1.54) is 29.5 Å². The first-order chi connectivity index (χ1) is 9.92. The first-order valence-corrected chi connectivity index (χ1v) is 9.29. The van der Waals surface area contributed by atoms with Crippen LogP contribution in [0.3, 0.4) is 0 Å². The molecule has 0 aliphatic carbocycles. The molecule has 0 atom stereocenters. The van der Waals surface area contributed by atoms with Gasteiger partial charge in [0, 0.05) is 11.4 Å². The number of thiophene rings is 1. The second kappa shape index (κ2) is 6.87. The average molecular weight is 393 g/mol. The van der Waals surface area contributed by atoms with E-state index >= 15 is 0 Å². The van der Waals surface area contributed by atoms with Crippen LogP contribution in [0.25, 0.3) is 0 Å². The summed E-state index contributed by atoms with van der Waals surface area (Å²) in [5.41, 5.74) is 0.310. The highest BCUT2D eigenvalue weighted by atomic mass is 79.9. The fraction of sp³-hybridized carbons (Fsp3) is 0.231. The molecule has 2 aromatic rings. The van der Waals surface area contributed by atoms with Crippen molar-refractivity contribution >= 4 is 43.0 Å². The molecule has 4 nitrogen and oxygen atoms in total. The third-order valence-corrected chi connectivity index (χ3v) is 6.19. The Morgan fingerprint density at radius 3 is 2.71 bits per heavy atom. The molecule has 0 saturated heterocycles. The topological polar surface area (TPSA) is 58.2 Å². The van der Waals surface area contributed by atoms with E-state index < -0.39 is 15.8 Å². The van der Waals surface area contributed by atoms with Crippen molar-refractivity contribution in [3.05, 3.63) is 45.5 Å². The molecule has 0 amide bonds. The summed E-state index contributed by atoms with van der Waals surface area (Å²) in [7, 11) is -3.65. The summed E-state index contributed by atoms with van der Waals surface area (Å²) in [5.74, 6) is -0.443. The van der Waals surface area contributed by atoms with Crippen molar-refractivity contribution < 1.29 is 12.8 Å². The largest absolute Gasteiger partial charge is 0.312 e. The molecular formula is C13H14BrFN2O2S2. The maximum Gasteiger partial charge on any atom is 0.271 e. The van der Waals surface area contributed by atoms with E-state index in [-0.39, 0.29) is 8.68 Å². The van der Waals surface area contributed by atoms with Crippen LogP contribution in [0.1, 0.15) is 11.8 Å². The molecule has 2 rings (SSSR count). The Hall–Kier alpha value is -0.960. The molecule has 2 N–H and O–H groups in total. The number of rotatable bonds is 6. The van der Waals surface area contributed by atoms with Gasteiger partial charge in [-0.25, -0.2) is 12.8 Å². The molecule has 0 aliphatic heterocycles. The fourth-order valence-corrected chi connectivity index (χ4v) is 4.36. The third-order valence-electron chi connectivity index (χ3n) is 2.62. The van der Waals surface area contributed by atoms with E-state index in [0.29, 0.717) is 12.2 Å². The van der Waals surface area contributed by atoms with Gasteiger partial charge in [0.25, 0.3) is 10.0 Å². The van der Waals surface area contributed by atoms with Gasteiger partial charge in [0.15, 0.2) is 0 Å². The highest BCUT2D eigenvalue weighted by molar-refractivity contribution is 9.10. The summed E-state index contributed by atoms with van der Waals surface area (Å²) in [6.45, 7) is 3.44. The molecule has 8 heteroatoms. The first kappa shape index (κ1) is 16.4. The van der Waals surface area contributed by atoms with E-state index in [1.54, 1.807) is 12.1 Å². The lowest BCUT2D eigenvalue weighted by Crippen LogP contribution is -2.12. The van der Waals surface area contributed by atoms with Crippen molar-refractivity contribution in [2.24, 2.45) is 0 Å². The van der Waals surface area contributed by atoms with Crippen LogP contribution in [-0.2, 0) is 16.6 Å². The Morgan fingerprint density at radius 2 is 2.05 bits per heavy atom. The molecule has 1 aromatic carbocycles. The number of benzene rings is 1. The number of anilines is 1. The lowest BCUT2D eigenvalue weighted by molar-refractivity contribution is 0.602. The summed E-state index contributed by atoms with van der Waals surface area (Å²) in [6, 6.07) is 7.32. The zero-order chi connectivity index (χ0) is 15.5.